The number of nitrogens with zero attached hydrogens (tertiary/aromatic N) is 2. The van der Waals surface area contributed by atoms with Crippen LogP contribution in [0.4, 0.5) is 0 Å². The first kappa shape index (κ1) is 36.5. The van der Waals surface area contributed by atoms with Crippen LogP contribution in [0.5, 0.6) is 11.5 Å². The molecule has 6 nitrogen and oxygen atoms in total. The number of ketones is 1. The molecule has 57 heavy (non-hydrogen) atoms. The van der Waals surface area contributed by atoms with Gasteiger partial charge in [-0.05, 0) is 132 Å². The fraction of sp³-hybridized carbons (Fsp3) is 0.0625. The molecule has 0 spiro atoms. The number of benzene rings is 4. The van der Waals surface area contributed by atoms with E-state index in [1.165, 1.54) is 0 Å². The van der Waals surface area contributed by atoms with Crippen molar-refractivity contribution in [3.05, 3.63) is 165 Å². The highest BCUT2D eigenvalue weighted by Crippen LogP contribution is 2.39. The number of carbonyl (C=O) groups is 1. The molecule has 7 aromatic rings. The molecule has 278 valence electrons. The van der Waals surface area contributed by atoms with E-state index in [0.717, 1.165) is 73.4 Å². The number of aromatic amines is 2. The standard InChI is InChI=1S/C48H33Cl3N4O2/c1-2-3-44(56)28-10-18-35(19-11-28)57-48-42-26-24-40(54-42)46(30-6-14-33(50)15-7-30)38-22-20-36(52-38)45(29-4-12-32(49)13-5-29)37-21-23-39(53-37)47(41-25-27-43(48)55-41)31-8-16-34(51)17-9-31/h4-27,52,55H,2-3H2,1H3. The summed E-state index contributed by atoms with van der Waals surface area (Å²) in [6, 6.07) is 38.7. The summed E-state index contributed by atoms with van der Waals surface area (Å²) in [5, 5.41) is 1.92. The van der Waals surface area contributed by atoms with Crippen LogP contribution in [0.1, 0.15) is 52.9 Å². The second-order valence-corrected chi connectivity index (χ2v) is 15.1. The van der Waals surface area contributed by atoms with Crippen LogP contribution in [0, 0.1) is 0 Å². The number of halogens is 3. The molecule has 9 rings (SSSR count). The normalized spacial score (nSPS) is 11.9. The van der Waals surface area contributed by atoms with Crippen LogP contribution in [0.2, 0.25) is 15.1 Å². The van der Waals surface area contributed by atoms with Gasteiger partial charge in [-0.15, -0.1) is 0 Å². The quantitative estimate of drug-likeness (QED) is 0.150. The first-order chi connectivity index (χ1) is 27.8. The maximum absolute atomic E-state index is 12.7. The largest absolute Gasteiger partial charge is 0.453 e. The average molecular weight is 804 g/mol. The Hall–Kier alpha value is -6.18. The molecule has 9 heteroatoms. The minimum absolute atomic E-state index is 0.0999. The van der Waals surface area contributed by atoms with Crippen molar-refractivity contribution in [2.75, 3.05) is 0 Å². The summed E-state index contributed by atoms with van der Waals surface area (Å²) < 4.78 is 6.71. The van der Waals surface area contributed by atoms with Crippen molar-refractivity contribution in [1.82, 2.24) is 19.9 Å². The lowest BCUT2D eigenvalue weighted by Gasteiger charge is -2.09. The highest BCUT2D eigenvalue weighted by Gasteiger charge is 2.19. The lowest BCUT2D eigenvalue weighted by Crippen LogP contribution is -1.97. The van der Waals surface area contributed by atoms with Crippen LogP contribution < -0.4 is 4.74 Å². The van der Waals surface area contributed by atoms with Gasteiger partial charge in [-0.2, -0.15) is 0 Å². The Labute approximate surface area is 344 Å². The van der Waals surface area contributed by atoms with Crippen LogP contribution in [0.15, 0.2) is 121 Å². The van der Waals surface area contributed by atoms with Crippen molar-refractivity contribution in [2.45, 2.75) is 19.8 Å². The van der Waals surface area contributed by atoms with Gasteiger partial charge >= 0.3 is 0 Å². The molecule has 4 aromatic carbocycles. The average Bonchev–Trinajstić information content (AvgIpc) is 4.07. The molecule has 0 unspecified atom stereocenters. The van der Waals surface area contributed by atoms with Crippen LogP contribution in [-0.2, 0) is 0 Å². The van der Waals surface area contributed by atoms with Crippen molar-refractivity contribution in [2.24, 2.45) is 0 Å². The molecule has 2 N–H and O–H groups in total. The number of H-pyrrole nitrogens is 2. The van der Waals surface area contributed by atoms with Crippen molar-refractivity contribution in [3.63, 3.8) is 0 Å². The number of hydrogen-bond donors (Lipinski definition) is 2. The second-order valence-electron chi connectivity index (χ2n) is 13.8. The van der Waals surface area contributed by atoms with E-state index in [2.05, 4.69) is 22.1 Å². The molecule has 0 aliphatic carbocycles. The summed E-state index contributed by atoms with van der Waals surface area (Å²) in [4.78, 5) is 30.6. The third-order valence-corrected chi connectivity index (χ3v) is 10.7. The topological polar surface area (TPSA) is 83.7 Å². The van der Waals surface area contributed by atoms with E-state index in [1.54, 1.807) is 0 Å². The highest BCUT2D eigenvalue weighted by molar-refractivity contribution is 6.31. The summed E-state index contributed by atoms with van der Waals surface area (Å²) >= 11 is 19.1. The number of hydrogen-bond acceptors (Lipinski definition) is 4. The smallest absolute Gasteiger partial charge is 0.176 e. The third kappa shape index (κ3) is 7.31. The van der Waals surface area contributed by atoms with Gasteiger partial charge in [0.1, 0.15) is 11.4 Å². The summed E-state index contributed by atoms with van der Waals surface area (Å²) in [7, 11) is 0. The Morgan fingerprint density at radius 1 is 0.509 bits per heavy atom. The molecule has 0 radical (unpaired) electrons. The predicted octanol–water partition coefficient (Wildman–Crippen LogP) is 14.4. The van der Waals surface area contributed by atoms with Gasteiger partial charge < -0.3 is 14.7 Å². The van der Waals surface area contributed by atoms with E-state index in [-0.39, 0.29) is 5.78 Å². The summed E-state index contributed by atoms with van der Waals surface area (Å²) in [5.74, 6) is 1.18. The van der Waals surface area contributed by atoms with E-state index in [1.807, 2.05) is 140 Å². The lowest BCUT2D eigenvalue weighted by molar-refractivity contribution is 0.0981. The molecule has 0 atom stereocenters. The minimum Gasteiger partial charge on any atom is -0.453 e. The van der Waals surface area contributed by atoms with Gasteiger partial charge in [-0.1, -0.05) is 78.1 Å². The van der Waals surface area contributed by atoms with Gasteiger partial charge in [0.2, 0.25) is 0 Å². The molecule has 0 saturated heterocycles. The van der Waals surface area contributed by atoms with Crippen LogP contribution in [0.25, 0.3) is 79.8 Å². The fourth-order valence-electron chi connectivity index (χ4n) is 7.25. The number of carbonyl (C=O) groups excluding carboxylic acids is 1. The number of nitrogens with one attached hydrogen (secondary N) is 2. The zero-order valence-electron chi connectivity index (χ0n) is 30.6. The molecular formula is C48H33Cl3N4O2. The fourth-order valence-corrected chi connectivity index (χ4v) is 7.62. The van der Waals surface area contributed by atoms with Crippen LogP contribution in [-0.4, -0.2) is 25.7 Å². The summed E-state index contributed by atoms with van der Waals surface area (Å²) in [5.41, 5.74) is 12.3. The second kappa shape index (κ2) is 15.4. The molecule has 8 bridgehead atoms. The number of Topliss-reactive ketones (excluding diaryl/α,β-unsaturated/α-hetero) is 1. The van der Waals surface area contributed by atoms with Gasteiger partial charge in [-0.3, -0.25) is 4.79 Å². The molecule has 3 aromatic heterocycles. The maximum atomic E-state index is 12.7. The van der Waals surface area contributed by atoms with Crippen molar-refractivity contribution in [3.8, 4) is 44.9 Å². The molecule has 0 amide bonds. The van der Waals surface area contributed by atoms with Crippen LogP contribution >= 0.6 is 34.8 Å². The molecule has 0 fully saturated rings. The first-order valence-electron chi connectivity index (χ1n) is 18.6. The van der Waals surface area contributed by atoms with Gasteiger partial charge in [-0.25, -0.2) is 9.97 Å². The van der Waals surface area contributed by atoms with E-state index in [4.69, 9.17) is 49.5 Å². The molecule has 0 saturated carbocycles. The Balaban J connectivity index is 1.38. The van der Waals surface area contributed by atoms with Gasteiger partial charge in [0.25, 0.3) is 0 Å². The number of aromatic nitrogens is 4. The van der Waals surface area contributed by atoms with Gasteiger partial charge in [0, 0.05) is 60.3 Å². The zero-order chi connectivity index (χ0) is 39.0. The lowest BCUT2D eigenvalue weighted by atomic mass is 10.0. The van der Waals surface area contributed by atoms with Crippen molar-refractivity contribution < 1.29 is 9.53 Å². The summed E-state index contributed by atoms with van der Waals surface area (Å²) in [6.07, 6.45) is 9.31. The zero-order valence-corrected chi connectivity index (χ0v) is 32.9. The van der Waals surface area contributed by atoms with E-state index >= 15 is 0 Å². The van der Waals surface area contributed by atoms with Gasteiger partial charge in [0.05, 0.1) is 22.6 Å². The van der Waals surface area contributed by atoms with E-state index in [9.17, 15) is 4.79 Å². The van der Waals surface area contributed by atoms with Crippen LogP contribution in [0.3, 0.4) is 0 Å². The highest BCUT2D eigenvalue weighted by atomic mass is 35.5. The van der Waals surface area contributed by atoms with Crippen molar-refractivity contribution in [1.29, 1.82) is 0 Å². The van der Waals surface area contributed by atoms with E-state index in [0.29, 0.717) is 49.8 Å². The Kier molecular flexibility index (Phi) is 9.85. The SMILES string of the molecule is CCCC(=O)c1ccc(Oc2c3nc(c(-c4ccc(Cl)cc4)c4ccc([nH]4)c(-c4ccc(Cl)cc4)c4nc(c(-c5ccc(Cl)cc5)c5ccc2[nH]5)C=C4)C=C3)cc1. The molecular weight excluding hydrogens is 771 g/mol. The number of ether oxygens (including phenoxy) is 1. The Bertz CT molecular complexity index is 2860. The van der Waals surface area contributed by atoms with Gasteiger partial charge in [0.15, 0.2) is 11.5 Å². The third-order valence-electron chi connectivity index (χ3n) is 9.98. The molecule has 5 heterocycles. The molecule has 2 aliphatic heterocycles. The Morgan fingerprint density at radius 2 is 0.895 bits per heavy atom. The Morgan fingerprint density at radius 3 is 1.33 bits per heavy atom. The van der Waals surface area contributed by atoms with E-state index < -0.39 is 0 Å². The maximum Gasteiger partial charge on any atom is 0.176 e. The number of rotatable bonds is 8. The monoisotopic (exact) mass is 802 g/mol. The first-order valence-corrected chi connectivity index (χ1v) is 19.7. The summed E-state index contributed by atoms with van der Waals surface area (Å²) in [6.45, 7) is 2.00. The molecule has 2 aliphatic rings. The number of fused-ring (bicyclic) bond motifs is 8. The minimum atomic E-state index is 0.0999. The van der Waals surface area contributed by atoms with Crippen molar-refractivity contribution >= 4 is 87.0 Å². The predicted molar refractivity (Wildman–Crippen MR) is 236 cm³/mol.